The van der Waals surface area contributed by atoms with E-state index in [1.807, 2.05) is 36.1 Å². The number of methoxy groups -OCH3 is 1. The van der Waals surface area contributed by atoms with Gasteiger partial charge in [-0.25, -0.2) is 4.98 Å². The fourth-order valence-corrected chi connectivity index (χ4v) is 3.44. The van der Waals surface area contributed by atoms with Crippen LogP contribution < -0.4 is 4.74 Å². The molecule has 0 bridgehead atoms. The van der Waals surface area contributed by atoms with Gasteiger partial charge < -0.3 is 14.1 Å². The zero-order valence-electron chi connectivity index (χ0n) is 16.3. The number of rotatable bonds is 8. The van der Waals surface area contributed by atoms with Crippen molar-refractivity contribution in [3.8, 4) is 17.1 Å². The third kappa shape index (κ3) is 5.52. The molecule has 0 aliphatic heterocycles. The first-order valence-electron chi connectivity index (χ1n) is 9.31. The summed E-state index contributed by atoms with van der Waals surface area (Å²) in [5, 5.41) is 1.05. The number of hydrogen-bond donors (Lipinski definition) is 0. The van der Waals surface area contributed by atoms with Crippen molar-refractivity contribution in [1.82, 2.24) is 9.88 Å². The number of aromatic nitrogens is 1. The normalized spacial score (nSPS) is 10.8. The zero-order valence-corrected chi connectivity index (χ0v) is 17.8. The summed E-state index contributed by atoms with van der Waals surface area (Å²) in [6, 6.07) is 12.9. The highest BCUT2D eigenvalue weighted by molar-refractivity contribution is 6.36. The molecule has 2 aromatic carbocycles. The monoisotopic (exact) mass is 432 g/mol. The molecule has 5 nitrogen and oxygen atoms in total. The van der Waals surface area contributed by atoms with Crippen molar-refractivity contribution in [2.75, 3.05) is 13.7 Å². The van der Waals surface area contributed by atoms with E-state index in [1.54, 1.807) is 31.5 Å². The topological polar surface area (TPSA) is 55.6 Å². The Hall–Kier alpha value is -2.50. The van der Waals surface area contributed by atoms with Crippen LogP contribution in [0.4, 0.5) is 0 Å². The van der Waals surface area contributed by atoms with Gasteiger partial charge in [-0.3, -0.25) is 4.79 Å². The number of carbonyl (C=O) groups excluding carboxylic acids is 1. The molecule has 7 heteroatoms. The van der Waals surface area contributed by atoms with Crippen LogP contribution in [-0.2, 0) is 17.8 Å². The van der Waals surface area contributed by atoms with Crippen LogP contribution >= 0.6 is 23.2 Å². The summed E-state index contributed by atoms with van der Waals surface area (Å²) in [4.78, 5) is 18.7. The van der Waals surface area contributed by atoms with Crippen molar-refractivity contribution in [2.45, 2.75) is 26.3 Å². The van der Waals surface area contributed by atoms with Gasteiger partial charge in [0.15, 0.2) is 11.7 Å². The van der Waals surface area contributed by atoms with E-state index in [0.29, 0.717) is 47.6 Å². The van der Waals surface area contributed by atoms with Gasteiger partial charge in [0.25, 0.3) is 0 Å². The summed E-state index contributed by atoms with van der Waals surface area (Å²) >= 11 is 12.1. The number of halogens is 2. The van der Waals surface area contributed by atoms with Gasteiger partial charge in [-0.05, 0) is 42.8 Å². The fourth-order valence-electron chi connectivity index (χ4n) is 2.94. The molecule has 0 aliphatic rings. The van der Waals surface area contributed by atoms with Crippen LogP contribution in [0.2, 0.25) is 10.0 Å². The quantitative estimate of drug-likeness (QED) is 0.462. The van der Waals surface area contributed by atoms with Gasteiger partial charge in [-0.1, -0.05) is 35.3 Å². The molecule has 0 aliphatic carbocycles. The molecule has 0 fully saturated rings. The Kier molecular flexibility index (Phi) is 7.18. The Morgan fingerprint density at radius 1 is 1.17 bits per heavy atom. The zero-order chi connectivity index (χ0) is 20.8. The minimum Gasteiger partial charge on any atom is -0.497 e. The second-order valence-electron chi connectivity index (χ2n) is 6.50. The summed E-state index contributed by atoms with van der Waals surface area (Å²) in [6.07, 6.45) is 2.35. The first kappa shape index (κ1) is 21.2. The number of oxazole rings is 1. The number of nitrogens with zero attached hydrogens (tertiary/aromatic N) is 2. The molecule has 0 saturated carbocycles. The average Bonchev–Trinajstić information content (AvgIpc) is 3.19. The summed E-state index contributed by atoms with van der Waals surface area (Å²) in [7, 11) is 1.63. The molecule has 3 rings (SSSR count). The molecule has 0 unspecified atom stereocenters. The Balaban J connectivity index is 1.59. The van der Waals surface area contributed by atoms with Crippen molar-refractivity contribution >= 4 is 29.1 Å². The van der Waals surface area contributed by atoms with Gasteiger partial charge in [0.05, 0.1) is 18.3 Å². The Morgan fingerprint density at radius 2 is 1.93 bits per heavy atom. The Bertz CT molecular complexity index is 970. The summed E-state index contributed by atoms with van der Waals surface area (Å²) in [6.45, 7) is 3.14. The molecule has 3 aromatic rings. The largest absolute Gasteiger partial charge is 0.497 e. The average molecular weight is 433 g/mol. The summed E-state index contributed by atoms with van der Waals surface area (Å²) in [5.41, 5.74) is 1.77. The first-order valence-corrected chi connectivity index (χ1v) is 10.1. The third-order valence-electron chi connectivity index (χ3n) is 4.57. The van der Waals surface area contributed by atoms with Gasteiger partial charge in [-0.15, -0.1) is 0 Å². The molecule has 1 amide bonds. The Morgan fingerprint density at radius 3 is 2.59 bits per heavy atom. The molecular weight excluding hydrogens is 411 g/mol. The van der Waals surface area contributed by atoms with Gasteiger partial charge in [0.1, 0.15) is 5.75 Å². The smallest absolute Gasteiger partial charge is 0.223 e. The van der Waals surface area contributed by atoms with Crippen LogP contribution in [0.1, 0.15) is 24.8 Å². The van der Waals surface area contributed by atoms with Crippen LogP contribution in [0.3, 0.4) is 0 Å². The van der Waals surface area contributed by atoms with Crippen LogP contribution in [0, 0.1) is 0 Å². The predicted octanol–water partition coefficient (Wildman–Crippen LogP) is 5.64. The van der Waals surface area contributed by atoms with Crippen LogP contribution in [0.15, 0.2) is 53.1 Å². The number of hydrogen-bond acceptors (Lipinski definition) is 4. The molecule has 0 spiro atoms. The molecular formula is C22H22Cl2N2O3. The van der Waals surface area contributed by atoms with Crippen molar-refractivity contribution in [3.05, 3.63) is 70.2 Å². The molecule has 152 valence electrons. The van der Waals surface area contributed by atoms with Crippen molar-refractivity contribution in [2.24, 2.45) is 0 Å². The maximum Gasteiger partial charge on any atom is 0.223 e. The molecule has 0 N–H and O–H groups in total. The lowest BCUT2D eigenvalue weighted by atomic mass is 10.2. The maximum absolute atomic E-state index is 12.6. The number of benzene rings is 2. The second-order valence-corrected chi connectivity index (χ2v) is 7.34. The lowest BCUT2D eigenvalue weighted by Crippen LogP contribution is -2.30. The van der Waals surface area contributed by atoms with E-state index in [4.69, 9.17) is 32.4 Å². The van der Waals surface area contributed by atoms with E-state index in [9.17, 15) is 4.79 Å². The number of amides is 1. The number of aryl methyl sites for hydroxylation is 1. The van der Waals surface area contributed by atoms with Crippen molar-refractivity contribution in [1.29, 1.82) is 0 Å². The fraction of sp³-hybridized carbons (Fsp3) is 0.273. The molecule has 29 heavy (non-hydrogen) atoms. The lowest BCUT2D eigenvalue weighted by Gasteiger charge is -2.21. The highest BCUT2D eigenvalue weighted by atomic mass is 35.5. The molecule has 0 saturated heterocycles. The van der Waals surface area contributed by atoms with E-state index < -0.39 is 0 Å². The van der Waals surface area contributed by atoms with E-state index in [2.05, 4.69) is 4.98 Å². The first-order chi connectivity index (χ1) is 14.0. The predicted molar refractivity (Wildman–Crippen MR) is 114 cm³/mol. The van der Waals surface area contributed by atoms with E-state index in [1.165, 1.54) is 0 Å². The highest BCUT2D eigenvalue weighted by Crippen LogP contribution is 2.30. The lowest BCUT2D eigenvalue weighted by molar-refractivity contribution is -0.131. The standard InChI is InChI=1S/C22H22Cl2N2O3/c1-3-26(14-15-4-7-17(28-2)8-5-15)22(27)11-10-21-25-13-20(29-21)18-9-6-16(23)12-19(18)24/h4-9,12-13H,3,10-11,14H2,1-2H3. The van der Waals surface area contributed by atoms with E-state index in [-0.39, 0.29) is 5.91 Å². The molecule has 0 radical (unpaired) electrons. The molecule has 0 atom stereocenters. The van der Waals surface area contributed by atoms with Crippen LogP contribution in [0.25, 0.3) is 11.3 Å². The SMILES string of the molecule is CCN(Cc1ccc(OC)cc1)C(=O)CCc1ncc(-c2ccc(Cl)cc2Cl)o1. The molecule has 1 heterocycles. The number of carbonyl (C=O) groups is 1. The number of ether oxygens (including phenoxy) is 1. The minimum atomic E-state index is 0.0487. The van der Waals surface area contributed by atoms with E-state index in [0.717, 1.165) is 16.9 Å². The minimum absolute atomic E-state index is 0.0487. The highest BCUT2D eigenvalue weighted by Gasteiger charge is 2.15. The third-order valence-corrected chi connectivity index (χ3v) is 5.12. The second kappa shape index (κ2) is 9.81. The van der Waals surface area contributed by atoms with Gasteiger partial charge >= 0.3 is 0 Å². The summed E-state index contributed by atoms with van der Waals surface area (Å²) < 4.78 is 10.9. The van der Waals surface area contributed by atoms with Crippen LogP contribution in [-0.4, -0.2) is 29.4 Å². The van der Waals surface area contributed by atoms with Crippen molar-refractivity contribution < 1.29 is 13.9 Å². The van der Waals surface area contributed by atoms with Gasteiger partial charge in [0, 0.05) is 36.5 Å². The van der Waals surface area contributed by atoms with Crippen LogP contribution in [0.5, 0.6) is 5.75 Å². The summed E-state index contributed by atoms with van der Waals surface area (Å²) in [5.74, 6) is 1.90. The van der Waals surface area contributed by atoms with Gasteiger partial charge in [-0.2, -0.15) is 0 Å². The maximum atomic E-state index is 12.6. The van der Waals surface area contributed by atoms with E-state index >= 15 is 0 Å². The Labute approximate surface area is 180 Å². The molecule has 1 aromatic heterocycles. The van der Waals surface area contributed by atoms with Gasteiger partial charge in [0.2, 0.25) is 5.91 Å². The van der Waals surface area contributed by atoms with Crippen molar-refractivity contribution in [3.63, 3.8) is 0 Å².